The Hall–Kier alpha value is -3.18. The predicted octanol–water partition coefficient (Wildman–Crippen LogP) is 4.15. The maximum absolute atomic E-state index is 6.38. The van der Waals surface area contributed by atoms with Crippen molar-refractivity contribution >= 4 is 10.8 Å². The summed E-state index contributed by atoms with van der Waals surface area (Å²) in [5, 5.41) is 2.31. The second-order valence-electron chi connectivity index (χ2n) is 7.44. The Labute approximate surface area is 171 Å². The molecule has 29 heavy (non-hydrogen) atoms. The van der Waals surface area contributed by atoms with Crippen LogP contribution >= 0.6 is 0 Å². The lowest BCUT2D eigenvalue weighted by Crippen LogP contribution is -2.24. The molecule has 0 bridgehead atoms. The lowest BCUT2D eigenvalue weighted by atomic mass is 10.0. The lowest BCUT2D eigenvalue weighted by Gasteiger charge is -2.12. The highest BCUT2D eigenvalue weighted by Crippen LogP contribution is 2.24. The van der Waals surface area contributed by atoms with Gasteiger partial charge in [-0.2, -0.15) is 0 Å². The van der Waals surface area contributed by atoms with Crippen LogP contribution in [0.15, 0.2) is 67.1 Å². The van der Waals surface area contributed by atoms with Crippen LogP contribution in [0.2, 0.25) is 0 Å². The Balaban J connectivity index is 1.42. The molecule has 0 radical (unpaired) electrons. The van der Waals surface area contributed by atoms with E-state index in [0.717, 1.165) is 47.5 Å². The number of aromatic nitrogens is 3. The van der Waals surface area contributed by atoms with Crippen molar-refractivity contribution in [3.05, 3.63) is 78.5 Å². The van der Waals surface area contributed by atoms with E-state index in [-0.39, 0.29) is 6.04 Å². The first-order chi connectivity index (χ1) is 14.1. The van der Waals surface area contributed by atoms with Gasteiger partial charge in [-0.25, -0.2) is 4.98 Å². The molecule has 0 unspecified atom stereocenters. The van der Waals surface area contributed by atoms with Crippen LogP contribution in [0, 0.1) is 0 Å². The van der Waals surface area contributed by atoms with Gasteiger partial charge in [-0.3, -0.25) is 4.98 Å². The Kier molecular flexibility index (Phi) is 5.58. The van der Waals surface area contributed by atoms with Crippen LogP contribution in [0.1, 0.15) is 17.8 Å². The number of imidazole rings is 1. The second-order valence-corrected chi connectivity index (χ2v) is 7.44. The fourth-order valence-electron chi connectivity index (χ4n) is 3.60. The molecular formula is C24H26N4O. The van der Waals surface area contributed by atoms with Crippen molar-refractivity contribution in [2.24, 2.45) is 12.8 Å². The topological polar surface area (TPSA) is 66.0 Å². The number of rotatable bonds is 7. The van der Waals surface area contributed by atoms with Crippen molar-refractivity contribution in [3.63, 3.8) is 0 Å². The van der Waals surface area contributed by atoms with Gasteiger partial charge in [-0.1, -0.05) is 24.3 Å². The monoisotopic (exact) mass is 386 g/mol. The van der Waals surface area contributed by atoms with Gasteiger partial charge in [0, 0.05) is 49.1 Å². The van der Waals surface area contributed by atoms with Crippen LogP contribution in [-0.4, -0.2) is 27.7 Å². The molecule has 2 aromatic carbocycles. The van der Waals surface area contributed by atoms with Gasteiger partial charge < -0.3 is 15.0 Å². The van der Waals surface area contributed by atoms with Gasteiger partial charge in [0.05, 0.1) is 12.8 Å². The molecule has 0 saturated heterocycles. The first-order valence-corrected chi connectivity index (χ1v) is 9.87. The van der Waals surface area contributed by atoms with Crippen LogP contribution in [0.4, 0.5) is 0 Å². The Morgan fingerprint density at radius 2 is 1.90 bits per heavy atom. The van der Waals surface area contributed by atoms with Gasteiger partial charge in [-0.05, 0) is 48.1 Å². The van der Waals surface area contributed by atoms with E-state index in [1.165, 1.54) is 10.9 Å². The minimum absolute atomic E-state index is 0.0942. The zero-order valence-corrected chi connectivity index (χ0v) is 16.9. The van der Waals surface area contributed by atoms with E-state index >= 15 is 0 Å². The van der Waals surface area contributed by atoms with Crippen molar-refractivity contribution in [2.75, 3.05) is 7.11 Å². The number of fused-ring (bicyclic) bond motifs is 1. The van der Waals surface area contributed by atoms with Crippen molar-refractivity contribution in [3.8, 4) is 17.0 Å². The molecule has 0 aliphatic rings. The molecule has 4 aromatic rings. The highest BCUT2D eigenvalue weighted by atomic mass is 16.5. The Bertz CT molecular complexity index is 1100. The summed E-state index contributed by atoms with van der Waals surface area (Å²) in [6.07, 6.45) is 8.38. The molecule has 0 saturated carbocycles. The van der Waals surface area contributed by atoms with Crippen LogP contribution in [0.5, 0.6) is 5.75 Å². The Morgan fingerprint density at radius 3 is 2.69 bits per heavy atom. The largest absolute Gasteiger partial charge is 0.497 e. The number of nitrogens with zero attached hydrogens (tertiary/aromatic N) is 3. The number of aryl methyl sites for hydroxylation is 2. The summed E-state index contributed by atoms with van der Waals surface area (Å²) >= 11 is 0. The molecule has 0 amide bonds. The lowest BCUT2D eigenvalue weighted by molar-refractivity contribution is 0.414. The van der Waals surface area contributed by atoms with E-state index in [4.69, 9.17) is 15.5 Å². The highest BCUT2D eigenvalue weighted by molar-refractivity contribution is 5.85. The summed E-state index contributed by atoms with van der Waals surface area (Å²) in [5.41, 5.74) is 9.72. The molecule has 4 rings (SSSR count). The molecule has 148 valence electrons. The summed E-state index contributed by atoms with van der Waals surface area (Å²) in [7, 11) is 3.72. The molecule has 0 aliphatic carbocycles. The first-order valence-electron chi connectivity index (χ1n) is 9.87. The fraction of sp³-hybridized carbons (Fsp3) is 0.250. The molecule has 0 aliphatic heterocycles. The zero-order valence-electron chi connectivity index (χ0n) is 16.9. The van der Waals surface area contributed by atoms with Crippen LogP contribution in [0.3, 0.4) is 0 Å². The zero-order chi connectivity index (χ0) is 20.2. The van der Waals surface area contributed by atoms with Gasteiger partial charge in [0.25, 0.3) is 0 Å². The number of methoxy groups -OCH3 is 1. The van der Waals surface area contributed by atoms with Gasteiger partial charge in [-0.15, -0.1) is 0 Å². The number of benzene rings is 2. The molecular weight excluding hydrogens is 360 g/mol. The Morgan fingerprint density at radius 1 is 1.07 bits per heavy atom. The maximum Gasteiger partial charge on any atom is 0.118 e. The van der Waals surface area contributed by atoms with Gasteiger partial charge in [0.2, 0.25) is 0 Å². The summed E-state index contributed by atoms with van der Waals surface area (Å²) in [5.74, 6) is 1.92. The standard InChI is InChI=1S/C24H26N4O/c1-28-16-23(19-5-6-20-15-26-12-11-18(20)14-19)27-24(28)10-7-21(25)13-17-3-8-22(29-2)9-4-17/h3-6,8-9,11-12,14-16,21H,7,10,13,25H2,1-2H3/t21-/m1/s1. The van der Waals surface area contributed by atoms with Crippen LogP contribution in [-0.2, 0) is 19.9 Å². The van der Waals surface area contributed by atoms with Crippen molar-refractivity contribution in [1.29, 1.82) is 0 Å². The number of ether oxygens (including phenoxy) is 1. The van der Waals surface area contributed by atoms with Crippen LogP contribution in [0.25, 0.3) is 22.0 Å². The summed E-state index contributed by atoms with van der Waals surface area (Å²) in [4.78, 5) is 9.04. The van der Waals surface area contributed by atoms with Crippen molar-refractivity contribution < 1.29 is 4.74 Å². The minimum Gasteiger partial charge on any atom is -0.497 e. The fourth-order valence-corrected chi connectivity index (χ4v) is 3.60. The van der Waals surface area contributed by atoms with Crippen molar-refractivity contribution in [2.45, 2.75) is 25.3 Å². The highest BCUT2D eigenvalue weighted by Gasteiger charge is 2.11. The molecule has 0 spiro atoms. The molecule has 1 atom stereocenters. The number of hydrogen-bond donors (Lipinski definition) is 1. The average molecular weight is 386 g/mol. The summed E-state index contributed by atoms with van der Waals surface area (Å²) in [6, 6.07) is 16.6. The van der Waals surface area contributed by atoms with Gasteiger partial charge in [0.1, 0.15) is 11.6 Å². The van der Waals surface area contributed by atoms with E-state index in [2.05, 4.69) is 46.1 Å². The number of pyridine rings is 1. The summed E-state index contributed by atoms with van der Waals surface area (Å²) in [6.45, 7) is 0. The molecule has 2 aromatic heterocycles. The third-order valence-corrected chi connectivity index (χ3v) is 5.30. The normalized spacial score (nSPS) is 12.2. The summed E-state index contributed by atoms with van der Waals surface area (Å²) < 4.78 is 7.31. The maximum atomic E-state index is 6.38. The first kappa shape index (κ1) is 19.2. The van der Waals surface area contributed by atoms with Crippen LogP contribution < -0.4 is 10.5 Å². The third kappa shape index (κ3) is 4.46. The molecule has 0 fully saturated rings. The number of hydrogen-bond acceptors (Lipinski definition) is 4. The molecule has 2 heterocycles. The smallest absolute Gasteiger partial charge is 0.118 e. The van der Waals surface area contributed by atoms with Crippen molar-refractivity contribution in [1.82, 2.24) is 14.5 Å². The van der Waals surface area contributed by atoms with Gasteiger partial charge in [0.15, 0.2) is 0 Å². The van der Waals surface area contributed by atoms with E-state index in [1.54, 1.807) is 7.11 Å². The van der Waals surface area contributed by atoms with E-state index in [0.29, 0.717) is 0 Å². The predicted molar refractivity (Wildman–Crippen MR) is 117 cm³/mol. The second kappa shape index (κ2) is 8.45. The van der Waals surface area contributed by atoms with Gasteiger partial charge >= 0.3 is 0 Å². The average Bonchev–Trinajstić information content (AvgIpc) is 3.13. The van der Waals surface area contributed by atoms with E-state index in [9.17, 15) is 0 Å². The third-order valence-electron chi connectivity index (χ3n) is 5.30. The van der Waals surface area contributed by atoms with E-state index in [1.807, 2.05) is 37.6 Å². The molecule has 2 N–H and O–H groups in total. The van der Waals surface area contributed by atoms with E-state index < -0.39 is 0 Å². The molecule has 5 nitrogen and oxygen atoms in total. The number of nitrogens with two attached hydrogens (primary N) is 1. The quantitative estimate of drug-likeness (QED) is 0.518. The molecule has 5 heteroatoms. The SMILES string of the molecule is COc1ccc(C[C@H](N)CCc2nc(-c3ccc4cnccc4c3)cn2C)cc1. The minimum atomic E-state index is 0.0942.